The lowest BCUT2D eigenvalue weighted by Gasteiger charge is -2.42. The van der Waals surface area contributed by atoms with Crippen molar-refractivity contribution in [2.24, 2.45) is 17.8 Å². The molecule has 35 heavy (non-hydrogen) atoms. The van der Waals surface area contributed by atoms with E-state index in [1.807, 2.05) is 0 Å². The van der Waals surface area contributed by atoms with E-state index in [0.29, 0.717) is 11.8 Å². The predicted molar refractivity (Wildman–Crippen MR) is 127 cm³/mol. The van der Waals surface area contributed by atoms with E-state index >= 15 is 8.78 Å². The molecule has 4 unspecified atom stereocenters. The number of unbranched alkanes of at least 4 members (excludes halogenated alkanes) is 2. The van der Waals surface area contributed by atoms with E-state index < -0.39 is 23.4 Å². The zero-order valence-electron chi connectivity index (χ0n) is 20.2. The molecule has 0 heterocycles. The highest BCUT2D eigenvalue weighted by atomic mass is 19.1. The van der Waals surface area contributed by atoms with Gasteiger partial charge in [0.15, 0.2) is 0 Å². The van der Waals surface area contributed by atoms with Crippen molar-refractivity contribution < 1.29 is 22.7 Å². The van der Waals surface area contributed by atoms with Gasteiger partial charge in [-0.3, -0.25) is 0 Å². The fraction of sp³-hybridized carbons (Fsp3) is 0.517. The minimum absolute atomic E-state index is 0.0643. The molecule has 4 atom stereocenters. The maximum absolute atomic E-state index is 15.1. The van der Waals surface area contributed by atoms with Crippen LogP contribution in [0.4, 0.5) is 13.2 Å². The van der Waals surface area contributed by atoms with Gasteiger partial charge in [-0.1, -0.05) is 39.0 Å². The molecule has 0 aromatic heterocycles. The maximum Gasteiger partial charge on any atom is 0.343 e. The topological polar surface area (TPSA) is 50.1 Å². The summed E-state index contributed by atoms with van der Waals surface area (Å²) in [7, 11) is 0. The lowest BCUT2D eigenvalue weighted by atomic mass is 9.63. The SMILES string of the molecule is CCCCCC1CCC2CC(c3c(F)cc(C(=O)Oc4ccc(C#N)c(F)c4)cc3F)CCC2C1. The van der Waals surface area contributed by atoms with Crippen LogP contribution in [0, 0.1) is 46.5 Å². The van der Waals surface area contributed by atoms with Gasteiger partial charge in [-0.05, 0) is 80.0 Å². The monoisotopic (exact) mass is 483 g/mol. The summed E-state index contributed by atoms with van der Waals surface area (Å²) in [5.74, 6) is -1.67. The van der Waals surface area contributed by atoms with Gasteiger partial charge in [0, 0.05) is 11.6 Å². The third kappa shape index (κ3) is 5.89. The summed E-state index contributed by atoms with van der Waals surface area (Å²) < 4.78 is 49.0. The summed E-state index contributed by atoms with van der Waals surface area (Å²) in [5, 5.41) is 8.80. The molecule has 0 aliphatic heterocycles. The van der Waals surface area contributed by atoms with Crippen molar-refractivity contribution in [2.45, 2.75) is 77.0 Å². The van der Waals surface area contributed by atoms with E-state index in [1.165, 1.54) is 50.7 Å². The highest BCUT2D eigenvalue weighted by Gasteiger charge is 2.37. The van der Waals surface area contributed by atoms with E-state index in [2.05, 4.69) is 6.92 Å². The molecule has 2 aromatic rings. The molecule has 2 aliphatic carbocycles. The van der Waals surface area contributed by atoms with Crippen molar-refractivity contribution >= 4 is 5.97 Å². The van der Waals surface area contributed by atoms with E-state index in [9.17, 15) is 9.18 Å². The Morgan fingerprint density at radius 3 is 2.37 bits per heavy atom. The first kappa shape index (κ1) is 25.3. The van der Waals surface area contributed by atoms with Crippen LogP contribution in [0.1, 0.15) is 98.5 Å². The summed E-state index contributed by atoms with van der Waals surface area (Å²) in [6.07, 6.45) is 11.2. The van der Waals surface area contributed by atoms with Gasteiger partial charge in [0.1, 0.15) is 29.3 Å². The molecular weight excluding hydrogens is 451 g/mol. The van der Waals surface area contributed by atoms with Gasteiger partial charge in [-0.25, -0.2) is 18.0 Å². The molecule has 2 aliphatic rings. The van der Waals surface area contributed by atoms with Crippen molar-refractivity contribution in [1.82, 2.24) is 0 Å². The molecule has 0 bridgehead atoms. The molecule has 4 rings (SSSR count). The number of nitriles is 1. The molecule has 6 heteroatoms. The van der Waals surface area contributed by atoms with Crippen LogP contribution in [-0.2, 0) is 0 Å². The number of rotatable bonds is 7. The minimum Gasteiger partial charge on any atom is -0.423 e. The first-order valence-electron chi connectivity index (χ1n) is 12.8. The molecule has 3 nitrogen and oxygen atoms in total. The van der Waals surface area contributed by atoms with E-state index in [-0.39, 0.29) is 28.4 Å². The third-order valence-corrected chi connectivity index (χ3v) is 7.93. The van der Waals surface area contributed by atoms with Crippen LogP contribution in [0.15, 0.2) is 30.3 Å². The lowest BCUT2D eigenvalue weighted by Crippen LogP contribution is -2.31. The van der Waals surface area contributed by atoms with Crippen LogP contribution < -0.4 is 4.74 Å². The van der Waals surface area contributed by atoms with Crippen molar-refractivity contribution in [2.75, 3.05) is 0 Å². The Morgan fingerprint density at radius 1 is 0.971 bits per heavy atom. The van der Waals surface area contributed by atoms with Gasteiger partial charge >= 0.3 is 5.97 Å². The van der Waals surface area contributed by atoms with Crippen LogP contribution in [0.2, 0.25) is 0 Å². The van der Waals surface area contributed by atoms with Crippen LogP contribution >= 0.6 is 0 Å². The summed E-state index contributed by atoms with van der Waals surface area (Å²) in [6, 6.07) is 7.03. The number of hydrogen-bond acceptors (Lipinski definition) is 3. The zero-order valence-corrected chi connectivity index (χ0v) is 20.2. The number of ether oxygens (including phenoxy) is 1. The van der Waals surface area contributed by atoms with Gasteiger partial charge in [0.2, 0.25) is 0 Å². The first-order valence-corrected chi connectivity index (χ1v) is 12.8. The third-order valence-electron chi connectivity index (χ3n) is 7.93. The smallest absolute Gasteiger partial charge is 0.343 e. The summed E-state index contributed by atoms with van der Waals surface area (Å²) in [6.45, 7) is 2.22. The van der Waals surface area contributed by atoms with Gasteiger partial charge in [-0.15, -0.1) is 0 Å². The quantitative estimate of drug-likeness (QED) is 0.227. The molecule has 2 saturated carbocycles. The molecule has 0 saturated heterocycles. The van der Waals surface area contributed by atoms with E-state index in [4.69, 9.17) is 10.00 Å². The summed E-state index contributed by atoms with van der Waals surface area (Å²) >= 11 is 0. The number of nitrogens with zero attached hydrogens (tertiary/aromatic N) is 1. The second-order valence-corrected chi connectivity index (χ2v) is 10.2. The number of hydrogen-bond donors (Lipinski definition) is 0. The molecular formula is C29H32F3NO2. The second kappa shape index (κ2) is 11.3. The Morgan fingerprint density at radius 2 is 1.69 bits per heavy atom. The molecule has 0 radical (unpaired) electrons. The van der Waals surface area contributed by atoms with Gasteiger partial charge < -0.3 is 4.74 Å². The normalized spacial score (nSPS) is 23.9. The van der Waals surface area contributed by atoms with Gasteiger partial charge in [0.25, 0.3) is 0 Å². The Kier molecular flexibility index (Phi) is 8.15. The average molecular weight is 484 g/mol. The Balaban J connectivity index is 1.41. The van der Waals surface area contributed by atoms with Crippen LogP contribution in [-0.4, -0.2) is 5.97 Å². The van der Waals surface area contributed by atoms with E-state index in [0.717, 1.165) is 49.8 Å². The molecule has 0 spiro atoms. The number of benzene rings is 2. The highest BCUT2D eigenvalue weighted by Crippen LogP contribution is 2.49. The minimum atomic E-state index is -0.983. The van der Waals surface area contributed by atoms with Crippen LogP contribution in [0.25, 0.3) is 0 Å². The van der Waals surface area contributed by atoms with Crippen molar-refractivity contribution in [3.05, 3.63) is 64.5 Å². The maximum atomic E-state index is 15.1. The number of carbonyl (C=O) groups is 1. The second-order valence-electron chi connectivity index (χ2n) is 10.2. The van der Waals surface area contributed by atoms with Crippen molar-refractivity contribution in [3.63, 3.8) is 0 Å². The van der Waals surface area contributed by atoms with Gasteiger partial charge in [0.05, 0.1) is 11.1 Å². The Labute approximate surface area is 205 Å². The fourth-order valence-corrected chi connectivity index (χ4v) is 6.10. The largest absolute Gasteiger partial charge is 0.423 e. The number of esters is 1. The molecule has 186 valence electrons. The fourth-order valence-electron chi connectivity index (χ4n) is 6.10. The van der Waals surface area contributed by atoms with Crippen LogP contribution in [0.5, 0.6) is 5.75 Å². The van der Waals surface area contributed by atoms with E-state index in [1.54, 1.807) is 6.07 Å². The Bertz CT molecular complexity index is 1090. The van der Waals surface area contributed by atoms with Gasteiger partial charge in [-0.2, -0.15) is 5.26 Å². The lowest BCUT2D eigenvalue weighted by molar-refractivity contribution is 0.0733. The standard InChI is InChI=1S/C29H32F3NO2/c1-2-3-4-5-18-6-7-20-13-21(9-8-19(20)12-18)28-26(31)14-23(15-27(28)32)29(34)35-24-11-10-22(17-33)25(30)16-24/h10-11,14-16,18-21H,2-9,12-13H2,1H3. The average Bonchev–Trinajstić information content (AvgIpc) is 2.84. The summed E-state index contributed by atoms with van der Waals surface area (Å²) in [4.78, 5) is 12.4. The molecule has 0 amide bonds. The molecule has 2 aromatic carbocycles. The van der Waals surface area contributed by atoms with Crippen molar-refractivity contribution in [1.29, 1.82) is 5.26 Å². The molecule has 2 fully saturated rings. The number of fused-ring (bicyclic) bond motifs is 1. The van der Waals surface area contributed by atoms with Crippen molar-refractivity contribution in [3.8, 4) is 11.8 Å². The van der Waals surface area contributed by atoms with Crippen LogP contribution in [0.3, 0.4) is 0 Å². The first-order chi connectivity index (χ1) is 16.9. The number of carbonyl (C=O) groups excluding carboxylic acids is 1. The molecule has 0 N–H and O–H groups in total. The predicted octanol–water partition coefficient (Wildman–Crippen LogP) is 8.08. The highest BCUT2D eigenvalue weighted by molar-refractivity contribution is 5.91. The zero-order chi connectivity index (χ0) is 24.9. The number of halogens is 3. The Hall–Kier alpha value is -2.81. The summed E-state index contributed by atoms with van der Waals surface area (Å²) in [5.41, 5.74) is -0.393.